The van der Waals surface area contributed by atoms with E-state index in [0.29, 0.717) is 11.5 Å². The van der Waals surface area contributed by atoms with Crippen LogP contribution in [0.1, 0.15) is 45.1 Å². The van der Waals surface area contributed by atoms with E-state index in [9.17, 15) is 5.11 Å². The number of nitrogens with zero attached hydrogens (tertiary/aromatic N) is 1. The van der Waals surface area contributed by atoms with Crippen molar-refractivity contribution in [3.05, 3.63) is 35.9 Å². The molecular weight excluding hydrogens is 274 g/mol. The Labute approximate surface area is 134 Å². The van der Waals surface area contributed by atoms with Crippen molar-refractivity contribution in [2.45, 2.75) is 51.2 Å². The van der Waals surface area contributed by atoms with Gasteiger partial charge in [-0.1, -0.05) is 44.2 Å². The van der Waals surface area contributed by atoms with Crippen LogP contribution in [-0.4, -0.2) is 42.4 Å². The van der Waals surface area contributed by atoms with E-state index in [4.69, 9.17) is 4.74 Å². The molecule has 2 aliphatic rings. The van der Waals surface area contributed by atoms with E-state index in [2.05, 4.69) is 18.7 Å². The van der Waals surface area contributed by atoms with Gasteiger partial charge in [0.15, 0.2) is 0 Å². The molecule has 0 amide bonds. The number of benzene rings is 1. The Kier molecular flexibility index (Phi) is 4.58. The Hall–Kier alpha value is -0.900. The average molecular weight is 303 g/mol. The van der Waals surface area contributed by atoms with Crippen LogP contribution in [-0.2, 0) is 10.3 Å². The zero-order valence-corrected chi connectivity index (χ0v) is 13.9. The molecule has 0 spiro atoms. The minimum atomic E-state index is -0.635. The van der Waals surface area contributed by atoms with Gasteiger partial charge < -0.3 is 14.7 Å². The van der Waals surface area contributed by atoms with Gasteiger partial charge in [0, 0.05) is 19.6 Å². The van der Waals surface area contributed by atoms with Gasteiger partial charge >= 0.3 is 0 Å². The quantitative estimate of drug-likeness (QED) is 0.927. The van der Waals surface area contributed by atoms with E-state index in [1.165, 1.54) is 6.42 Å². The third kappa shape index (κ3) is 3.70. The zero-order chi connectivity index (χ0) is 15.6. The largest absolute Gasteiger partial charge is 0.385 e. The van der Waals surface area contributed by atoms with E-state index in [1.54, 1.807) is 0 Å². The second-order valence-corrected chi connectivity index (χ2v) is 7.83. The van der Waals surface area contributed by atoms with E-state index in [0.717, 1.165) is 51.1 Å². The van der Waals surface area contributed by atoms with Crippen molar-refractivity contribution in [3.63, 3.8) is 0 Å². The van der Waals surface area contributed by atoms with Crippen molar-refractivity contribution in [2.24, 2.45) is 5.41 Å². The average Bonchev–Trinajstić information content (AvgIpc) is 2.87. The lowest BCUT2D eigenvalue weighted by atomic mass is 9.84. The molecule has 1 aromatic carbocycles. The lowest BCUT2D eigenvalue weighted by Crippen LogP contribution is -2.43. The molecule has 3 heteroatoms. The second-order valence-electron chi connectivity index (χ2n) is 7.83. The Bertz CT molecular complexity index is 477. The molecule has 2 aliphatic heterocycles. The molecule has 2 heterocycles. The third-order valence-electron chi connectivity index (χ3n) is 5.25. The summed E-state index contributed by atoms with van der Waals surface area (Å²) in [5, 5.41) is 10.9. The number of ether oxygens (including phenoxy) is 1. The van der Waals surface area contributed by atoms with Crippen molar-refractivity contribution in [1.29, 1.82) is 0 Å². The number of piperidine rings is 1. The van der Waals surface area contributed by atoms with Crippen molar-refractivity contribution in [1.82, 2.24) is 4.90 Å². The second kappa shape index (κ2) is 6.31. The first-order valence-electron chi connectivity index (χ1n) is 8.59. The number of aliphatic hydroxyl groups is 1. The molecule has 2 saturated heterocycles. The van der Waals surface area contributed by atoms with Crippen LogP contribution in [0.3, 0.4) is 0 Å². The van der Waals surface area contributed by atoms with Crippen LogP contribution in [0.15, 0.2) is 30.3 Å². The molecule has 0 saturated carbocycles. The molecular formula is C19H29NO2. The Morgan fingerprint density at radius 1 is 1.18 bits per heavy atom. The topological polar surface area (TPSA) is 32.7 Å². The van der Waals surface area contributed by atoms with Crippen molar-refractivity contribution in [3.8, 4) is 0 Å². The lowest BCUT2D eigenvalue weighted by molar-refractivity contribution is -0.0286. The molecule has 0 bridgehead atoms. The van der Waals surface area contributed by atoms with Crippen LogP contribution in [0, 0.1) is 5.41 Å². The summed E-state index contributed by atoms with van der Waals surface area (Å²) in [6.45, 7) is 8.50. The fourth-order valence-electron chi connectivity index (χ4n) is 3.77. The molecule has 22 heavy (non-hydrogen) atoms. The van der Waals surface area contributed by atoms with Gasteiger partial charge in [0.05, 0.1) is 18.3 Å². The SMILES string of the molecule is CC1(C)COC(CCN2CCC(O)(c3ccccc3)CC2)C1. The highest BCUT2D eigenvalue weighted by molar-refractivity contribution is 5.22. The Morgan fingerprint density at radius 2 is 1.86 bits per heavy atom. The summed E-state index contributed by atoms with van der Waals surface area (Å²) >= 11 is 0. The summed E-state index contributed by atoms with van der Waals surface area (Å²) in [5.41, 5.74) is 0.777. The Morgan fingerprint density at radius 3 is 2.45 bits per heavy atom. The first-order valence-corrected chi connectivity index (χ1v) is 8.59. The van der Waals surface area contributed by atoms with Crippen molar-refractivity contribution < 1.29 is 9.84 Å². The molecule has 1 unspecified atom stereocenters. The molecule has 122 valence electrons. The fourth-order valence-corrected chi connectivity index (χ4v) is 3.77. The summed E-state index contributed by atoms with van der Waals surface area (Å²) in [5.74, 6) is 0. The highest BCUT2D eigenvalue weighted by Gasteiger charge is 2.35. The summed E-state index contributed by atoms with van der Waals surface area (Å²) in [6, 6.07) is 10.1. The summed E-state index contributed by atoms with van der Waals surface area (Å²) in [4.78, 5) is 2.48. The number of hydrogen-bond acceptors (Lipinski definition) is 3. The minimum Gasteiger partial charge on any atom is -0.385 e. The van der Waals surface area contributed by atoms with E-state index < -0.39 is 5.60 Å². The van der Waals surface area contributed by atoms with Gasteiger partial charge in [0.25, 0.3) is 0 Å². The number of hydrogen-bond donors (Lipinski definition) is 1. The van der Waals surface area contributed by atoms with Crippen LogP contribution in [0.2, 0.25) is 0 Å². The highest BCUT2D eigenvalue weighted by Crippen LogP contribution is 2.34. The van der Waals surface area contributed by atoms with Crippen molar-refractivity contribution in [2.75, 3.05) is 26.2 Å². The lowest BCUT2D eigenvalue weighted by Gasteiger charge is -2.38. The summed E-state index contributed by atoms with van der Waals surface area (Å²) in [7, 11) is 0. The van der Waals surface area contributed by atoms with E-state index in [1.807, 2.05) is 30.3 Å². The van der Waals surface area contributed by atoms with Gasteiger partial charge in [-0.25, -0.2) is 0 Å². The number of rotatable bonds is 4. The summed E-state index contributed by atoms with van der Waals surface area (Å²) in [6.07, 6.45) is 4.37. The molecule has 1 N–H and O–H groups in total. The van der Waals surface area contributed by atoms with Gasteiger partial charge in [-0.15, -0.1) is 0 Å². The molecule has 0 aromatic heterocycles. The minimum absolute atomic E-state index is 0.347. The monoisotopic (exact) mass is 303 g/mol. The van der Waals surface area contributed by atoms with Gasteiger partial charge in [-0.2, -0.15) is 0 Å². The van der Waals surface area contributed by atoms with Crippen LogP contribution in [0.25, 0.3) is 0 Å². The fraction of sp³-hybridized carbons (Fsp3) is 0.684. The molecule has 3 rings (SSSR count). The van der Waals surface area contributed by atoms with E-state index in [-0.39, 0.29) is 0 Å². The van der Waals surface area contributed by atoms with Crippen LogP contribution < -0.4 is 0 Å². The third-order valence-corrected chi connectivity index (χ3v) is 5.25. The first-order chi connectivity index (χ1) is 10.5. The molecule has 2 fully saturated rings. The van der Waals surface area contributed by atoms with Crippen LogP contribution >= 0.6 is 0 Å². The van der Waals surface area contributed by atoms with Gasteiger partial charge in [0.1, 0.15) is 0 Å². The molecule has 1 aromatic rings. The predicted octanol–water partition coefficient (Wildman–Crippen LogP) is 3.18. The molecule has 0 radical (unpaired) electrons. The molecule has 1 atom stereocenters. The number of likely N-dealkylation sites (tertiary alicyclic amines) is 1. The summed E-state index contributed by atoms with van der Waals surface area (Å²) < 4.78 is 5.89. The molecule has 3 nitrogen and oxygen atoms in total. The molecule has 0 aliphatic carbocycles. The normalized spacial score (nSPS) is 27.9. The van der Waals surface area contributed by atoms with E-state index >= 15 is 0 Å². The zero-order valence-electron chi connectivity index (χ0n) is 13.9. The standard InChI is InChI=1S/C19H29NO2/c1-18(2)14-17(22-15-18)8-11-20-12-9-19(21,10-13-20)16-6-4-3-5-7-16/h3-7,17,21H,8-15H2,1-2H3. The highest BCUT2D eigenvalue weighted by atomic mass is 16.5. The van der Waals surface area contributed by atoms with Crippen molar-refractivity contribution >= 4 is 0 Å². The van der Waals surface area contributed by atoms with Crippen LogP contribution in [0.4, 0.5) is 0 Å². The maximum absolute atomic E-state index is 10.9. The van der Waals surface area contributed by atoms with Gasteiger partial charge in [-0.3, -0.25) is 0 Å². The smallest absolute Gasteiger partial charge is 0.0920 e. The van der Waals surface area contributed by atoms with Gasteiger partial charge in [-0.05, 0) is 36.7 Å². The maximum Gasteiger partial charge on any atom is 0.0920 e. The van der Waals surface area contributed by atoms with Gasteiger partial charge in [0.2, 0.25) is 0 Å². The van der Waals surface area contributed by atoms with Crippen LogP contribution in [0.5, 0.6) is 0 Å². The first kappa shape index (κ1) is 16.0. The Balaban J connectivity index is 1.46. The predicted molar refractivity (Wildman–Crippen MR) is 88.8 cm³/mol. The maximum atomic E-state index is 10.9.